The quantitative estimate of drug-likeness (QED) is 0.559. The highest BCUT2D eigenvalue weighted by molar-refractivity contribution is 6.18. The van der Waals surface area contributed by atoms with Crippen molar-refractivity contribution in [3.05, 3.63) is 58.9 Å². The van der Waals surface area contributed by atoms with Crippen LogP contribution < -0.4 is 14.2 Å². The fourth-order valence-electron chi connectivity index (χ4n) is 3.12. The molecule has 0 spiro atoms. The minimum atomic E-state index is -1.30. The first kappa shape index (κ1) is 21.9. The van der Waals surface area contributed by atoms with Crippen LogP contribution in [0.2, 0.25) is 0 Å². The van der Waals surface area contributed by atoms with Crippen molar-refractivity contribution in [2.75, 3.05) is 14.2 Å². The number of aromatic carboxylic acids is 1. The standard InChI is InChI=1S/C22H19F2NO6/c1-10(2)31-15-6-5-14(23)18(19(15)24)21(26)20-12-8-17(30-4)16(29-3)7-11(12)13(9-25-20)22(27)28/h5-10H,1-4H3,(H,27,28). The van der Waals surface area contributed by atoms with Gasteiger partial charge in [-0.25, -0.2) is 13.6 Å². The monoisotopic (exact) mass is 431 g/mol. The predicted octanol–water partition coefficient (Wildman–Crippen LogP) is 4.25. The zero-order valence-electron chi connectivity index (χ0n) is 17.2. The summed E-state index contributed by atoms with van der Waals surface area (Å²) in [5.41, 5.74) is -1.42. The molecule has 0 radical (unpaired) electrons. The van der Waals surface area contributed by atoms with Gasteiger partial charge in [0.2, 0.25) is 5.78 Å². The number of carbonyl (C=O) groups excluding carboxylic acids is 1. The fourth-order valence-corrected chi connectivity index (χ4v) is 3.12. The number of hydrogen-bond acceptors (Lipinski definition) is 6. The van der Waals surface area contributed by atoms with Gasteiger partial charge >= 0.3 is 5.97 Å². The summed E-state index contributed by atoms with van der Waals surface area (Å²) in [5, 5.41) is 9.63. The number of ether oxygens (including phenoxy) is 3. The summed E-state index contributed by atoms with van der Waals surface area (Å²) in [4.78, 5) is 28.7. The van der Waals surface area contributed by atoms with Crippen LogP contribution in [0.4, 0.5) is 8.78 Å². The third-order valence-corrected chi connectivity index (χ3v) is 4.48. The summed E-state index contributed by atoms with van der Waals surface area (Å²) in [5.74, 6) is -4.52. The maximum Gasteiger partial charge on any atom is 0.337 e. The highest BCUT2D eigenvalue weighted by Gasteiger charge is 2.27. The topological polar surface area (TPSA) is 95.0 Å². The lowest BCUT2D eigenvalue weighted by atomic mass is 9.98. The largest absolute Gasteiger partial charge is 0.493 e. The summed E-state index contributed by atoms with van der Waals surface area (Å²) in [6.45, 7) is 3.31. The second-order valence-corrected chi connectivity index (χ2v) is 6.81. The van der Waals surface area contributed by atoms with Crippen molar-refractivity contribution in [1.82, 2.24) is 4.98 Å². The molecule has 0 aliphatic carbocycles. The van der Waals surface area contributed by atoms with Gasteiger partial charge < -0.3 is 19.3 Å². The van der Waals surface area contributed by atoms with Gasteiger partial charge in [-0.2, -0.15) is 0 Å². The second kappa shape index (κ2) is 8.55. The Balaban J connectivity index is 2.30. The number of hydrogen-bond donors (Lipinski definition) is 1. The van der Waals surface area contributed by atoms with Crippen molar-refractivity contribution in [1.29, 1.82) is 0 Å². The number of fused-ring (bicyclic) bond motifs is 1. The van der Waals surface area contributed by atoms with E-state index in [0.29, 0.717) is 0 Å². The number of aromatic nitrogens is 1. The van der Waals surface area contributed by atoms with Crippen LogP contribution in [-0.4, -0.2) is 42.2 Å². The maximum absolute atomic E-state index is 14.9. The van der Waals surface area contributed by atoms with Gasteiger partial charge in [-0.05, 0) is 38.1 Å². The molecule has 0 amide bonds. The lowest BCUT2D eigenvalue weighted by molar-refractivity contribution is 0.0698. The summed E-state index contributed by atoms with van der Waals surface area (Å²) in [7, 11) is 2.72. The van der Waals surface area contributed by atoms with Gasteiger partial charge in [-0.15, -0.1) is 0 Å². The third kappa shape index (κ3) is 3.98. The van der Waals surface area contributed by atoms with Crippen LogP contribution in [-0.2, 0) is 0 Å². The molecular weight excluding hydrogens is 412 g/mol. The van der Waals surface area contributed by atoms with Gasteiger partial charge in [0.25, 0.3) is 0 Å². The van der Waals surface area contributed by atoms with Crippen LogP contribution in [0.25, 0.3) is 10.8 Å². The van der Waals surface area contributed by atoms with Crippen molar-refractivity contribution in [3.8, 4) is 17.2 Å². The van der Waals surface area contributed by atoms with Crippen LogP contribution in [0.5, 0.6) is 17.2 Å². The molecule has 1 N–H and O–H groups in total. The molecule has 0 bridgehead atoms. The Kier molecular flexibility index (Phi) is 6.05. The van der Waals surface area contributed by atoms with Crippen LogP contribution >= 0.6 is 0 Å². The minimum Gasteiger partial charge on any atom is -0.493 e. The molecule has 0 aliphatic rings. The molecule has 31 heavy (non-hydrogen) atoms. The first-order valence-corrected chi connectivity index (χ1v) is 9.16. The molecular formula is C22H19F2NO6. The van der Waals surface area contributed by atoms with E-state index in [0.717, 1.165) is 18.3 Å². The average Bonchev–Trinajstić information content (AvgIpc) is 2.73. The number of carbonyl (C=O) groups is 2. The van der Waals surface area contributed by atoms with Gasteiger partial charge in [0.15, 0.2) is 23.1 Å². The predicted molar refractivity (Wildman–Crippen MR) is 107 cm³/mol. The fraction of sp³-hybridized carbons (Fsp3) is 0.227. The Morgan fingerprint density at radius 3 is 2.16 bits per heavy atom. The van der Waals surface area contributed by atoms with Crippen molar-refractivity contribution < 1.29 is 37.7 Å². The molecule has 0 aliphatic heterocycles. The summed E-state index contributed by atoms with van der Waals surface area (Å²) < 4.78 is 45.2. The Labute approximate surface area is 176 Å². The number of rotatable bonds is 7. The first-order valence-electron chi connectivity index (χ1n) is 9.16. The Morgan fingerprint density at radius 2 is 1.61 bits per heavy atom. The molecule has 0 atom stereocenters. The van der Waals surface area contributed by atoms with Crippen molar-refractivity contribution in [3.63, 3.8) is 0 Å². The molecule has 1 aromatic heterocycles. The molecule has 0 saturated heterocycles. The van der Waals surface area contributed by atoms with E-state index < -0.39 is 35.1 Å². The lowest BCUT2D eigenvalue weighted by Crippen LogP contribution is -2.14. The molecule has 0 fully saturated rings. The van der Waals surface area contributed by atoms with Crippen LogP contribution in [0.15, 0.2) is 30.5 Å². The zero-order valence-corrected chi connectivity index (χ0v) is 17.2. The van der Waals surface area contributed by atoms with Crippen molar-refractivity contribution in [2.45, 2.75) is 20.0 Å². The maximum atomic E-state index is 14.9. The minimum absolute atomic E-state index is 0.0385. The van der Waals surface area contributed by atoms with E-state index in [1.165, 1.54) is 26.4 Å². The van der Waals surface area contributed by atoms with Crippen molar-refractivity contribution >= 4 is 22.5 Å². The molecule has 9 heteroatoms. The van der Waals surface area contributed by atoms with E-state index in [1.807, 2.05) is 0 Å². The first-order chi connectivity index (χ1) is 14.7. The number of halogens is 2. The van der Waals surface area contributed by atoms with E-state index in [4.69, 9.17) is 14.2 Å². The smallest absolute Gasteiger partial charge is 0.337 e. The molecule has 0 unspecified atom stereocenters. The van der Waals surface area contributed by atoms with E-state index in [9.17, 15) is 23.5 Å². The summed E-state index contributed by atoms with van der Waals surface area (Å²) in [6, 6.07) is 4.71. The molecule has 0 saturated carbocycles. The number of carboxylic acid groups (broad SMARTS) is 1. The molecule has 1 heterocycles. The highest BCUT2D eigenvalue weighted by Crippen LogP contribution is 2.36. The SMILES string of the molecule is COc1cc2c(C(=O)O)cnc(C(=O)c3c(F)ccc(OC(C)C)c3F)c2cc1OC. The zero-order chi connectivity index (χ0) is 22.9. The van der Waals surface area contributed by atoms with Gasteiger partial charge in [0, 0.05) is 17.0 Å². The molecule has 3 rings (SSSR count). The molecule has 7 nitrogen and oxygen atoms in total. The lowest BCUT2D eigenvalue weighted by Gasteiger charge is -2.15. The van der Waals surface area contributed by atoms with Crippen LogP contribution in [0, 0.1) is 11.6 Å². The van der Waals surface area contributed by atoms with E-state index in [2.05, 4.69) is 4.98 Å². The third-order valence-electron chi connectivity index (χ3n) is 4.48. The Hall–Kier alpha value is -3.75. The summed E-state index contributed by atoms with van der Waals surface area (Å²) in [6.07, 6.45) is 0.544. The van der Waals surface area contributed by atoms with E-state index >= 15 is 0 Å². The second-order valence-electron chi connectivity index (χ2n) is 6.81. The number of pyridine rings is 1. The van der Waals surface area contributed by atoms with E-state index in [1.54, 1.807) is 13.8 Å². The van der Waals surface area contributed by atoms with Gasteiger partial charge in [0.05, 0.1) is 31.5 Å². The molecule has 2 aromatic carbocycles. The average molecular weight is 431 g/mol. The Bertz CT molecular complexity index is 1190. The number of benzene rings is 2. The van der Waals surface area contributed by atoms with Gasteiger partial charge in [-0.3, -0.25) is 9.78 Å². The highest BCUT2D eigenvalue weighted by atomic mass is 19.1. The number of nitrogens with zero attached hydrogens (tertiary/aromatic N) is 1. The number of methoxy groups -OCH3 is 2. The summed E-state index contributed by atoms with van der Waals surface area (Å²) >= 11 is 0. The normalized spacial score (nSPS) is 10.9. The molecule has 3 aromatic rings. The Morgan fingerprint density at radius 1 is 1.00 bits per heavy atom. The number of ketones is 1. The van der Waals surface area contributed by atoms with Crippen LogP contribution in [0.1, 0.15) is 40.3 Å². The number of carboxylic acids is 1. The molecule has 162 valence electrons. The van der Waals surface area contributed by atoms with Crippen LogP contribution in [0.3, 0.4) is 0 Å². The van der Waals surface area contributed by atoms with E-state index in [-0.39, 0.29) is 39.3 Å². The van der Waals surface area contributed by atoms with Gasteiger partial charge in [0.1, 0.15) is 11.5 Å². The van der Waals surface area contributed by atoms with Crippen molar-refractivity contribution in [2.24, 2.45) is 0 Å². The van der Waals surface area contributed by atoms with Gasteiger partial charge in [-0.1, -0.05) is 0 Å².